The van der Waals surface area contributed by atoms with Gasteiger partial charge in [0, 0.05) is 57.5 Å². The zero-order chi connectivity index (χ0) is 32.4. The molecule has 0 aromatic heterocycles. The summed E-state index contributed by atoms with van der Waals surface area (Å²) in [7, 11) is 1.35. The molecule has 0 radical (unpaired) electrons. The molecule has 2 atom stereocenters. The number of aryl methyl sites for hydroxylation is 1. The Balaban J connectivity index is 1.54. The predicted octanol–water partition coefficient (Wildman–Crippen LogP) is 4.85. The summed E-state index contributed by atoms with van der Waals surface area (Å²) in [6, 6.07) is 8.75. The van der Waals surface area contributed by atoms with Crippen LogP contribution in [0.5, 0.6) is 0 Å². The fraction of sp³-hybridized carbons (Fsp3) is 0.516. The molecule has 0 aliphatic carbocycles. The Morgan fingerprint density at radius 2 is 1.48 bits per heavy atom. The van der Waals surface area contributed by atoms with Gasteiger partial charge in [-0.25, -0.2) is 0 Å². The van der Waals surface area contributed by atoms with Crippen molar-refractivity contribution in [1.82, 2.24) is 14.7 Å². The van der Waals surface area contributed by atoms with Crippen molar-refractivity contribution in [2.75, 3.05) is 39.8 Å². The van der Waals surface area contributed by atoms with Crippen molar-refractivity contribution < 1.29 is 45.8 Å². The van der Waals surface area contributed by atoms with Gasteiger partial charge in [-0.2, -0.15) is 26.3 Å². The summed E-state index contributed by atoms with van der Waals surface area (Å²) in [5.41, 5.74) is -1.46. The molecule has 0 bridgehead atoms. The van der Waals surface area contributed by atoms with E-state index in [1.807, 2.05) is 31.2 Å². The molecule has 1 N–H and O–H groups in total. The largest absolute Gasteiger partial charge is 0.416 e. The third-order valence-corrected chi connectivity index (χ3v) is 8.49. The number of halogens is 6. The van der Waals surface area contributed by atoms with Crippen LogP contribution in [-0.4, -0.2) is 77.4 Å². The van der Waals surface area contributed by atoms with E-state index in [0.717, 1.165) is 16.0 Å². The number of piperidine rings is 2. The highest BCUT2D eigenvalue weighted by atomic mass is 19.4. The monoisotopic (exact) mass is 627 g/mol. The molecule has 2 aromatic carbocycles. The first kappa shape index (κ1) is 33.3. The molecule has 0 unspecified atom stereocenters. The first-order chi connectivity index (χ1) is 20.6. The molecule has 2 fully saturated rings. The molecule has 3 amide bonds. The minimum atomic E-state index is -5.00. The maximum Gasteiger partial charge on any atom is 0.416 e. The van der Waals surface area contributed by atoms with E-state index in [1.54, 1.807) is 4.90 Å². The van der Waals surface area contributed by atoms with Crippen LogP contribution in [0, 0.1) is 18.8 Å². The number of amides is 3. The first-order valence-corrected chi connectivity index (χ1v) is 14.4. The van der Waals surface area contributed by atoms with Gasteiger partial charge in [-0.1, -0.05) is 29.8 Å². The van der Waals surface area contributed by atoms with Crippen LogP contribution < -0.4 is 0 Å². The van der Waals surface area contributed by atoms with Crippen LogP contribution in [0.2, 0.25) is 0 Å². The highest BCUT2D eigenvalue weighted by Crippen LogP contribution is 2.38. The number of hydrogen-bond acceptors (Lipinski definition) is 4. The molecule has 2 aliphatic rings. The molecule has 2 aromatic rings. The minimum Gasteiger partial charge on any atom is -0.387 e. The lowest BCUT2D eigenvalue weighted by atomic mass is 9.79. The van der Waals surface area contributed by atoms with E-state index in [0.29, 0.717) is 38.1 Å². The summed E-state index contributed by atoms with van der Waals surface area (Å²) in [4.78, 5) is 43.4. The van der Waals surface area contributed by atoms with E-state index in [-0.39, 0.29) is 43.0 Å². The van der Waals surface area contributed by atoms with Crippen LogP contribution in [0.25, 0.3) is 0 Å². The van der Waals surface area contributed by atoms with Gasteiger partial charge in [0.1, 0.15) is 6.61 Å². The van der Waals surface area contributed by atoms with Crippen LogP contribution in [0.3, 0.4) is 0 Å². The van der Waals surface area contributed by atoms with Crippen LogP contribution in [-0.2, 0) is 33.3 Å². The van der Waals surface area contributed by atoms with E-state index in [4.69, 9.17) is 5.11 Å². The smallest absolute Gasteiger partial charge is 0.387 e. The van der Waals surface area contributed by atoms with Gasteiger partial charge in [0.2, 0.25) is 17.7 Å². The summed E-state index contributed by atoms with van der Waals surface area (Å²) in [6.45, 7) is 1.99. The summed E-state index contributed by atoms with van der Waals surface area (Å²) >= 11 is 0. The van der Waals surface area contributed by atoms with Crippen molar-refractivity contribution in [3.63, 3.8) is 0 Å². The van der Waals surface area contributed by atoms with Crippen molar-refractivity contribution in [3.8, 4) is 0 Å². The Hall–Kier alpha value is -3.61. The molecular formula is C31H35F6N3O4. The highest BCUT2D eigenvalue weighted by molar-refractivity contribution is 5.83. The predicted molar refractivity (Wildman–Crippen MR) is 148 cm³/mol. The zero-order valence-corrected chi connectivity index (χ0v) is 24.4. The van der Waals surface area contributed by atoms with E-state index >= 15 is 0 Å². The molecule has 13 heteroatoms. The molecule has 44 heavy (non-hydrogen) atoms. The zero-order valence-electron chi connectivity index (χ0n) is 24.4. The van der Waals surface area contributed by atoms with Gasteiger partial charge in [-0.3, -0.25) is 14.4 Å². The normalized spacial score (nSPS) is 20.0. The lowest BCUT2D eigenvalue weighted by Gasteiger charge is -2.42. The average Bonchev–Trinajstić information content (AvgIpc) is 2.98. The third-order valence-electron chi connectivity index (χ3n) is 8.49. The lowest BCUT2D eigenvalue weighted by Crippen LogP contribution is -2.51. The van der Waals surface area contributed by atoms with Crippen molar-refractivity contribution >= 4 is 17.7 Å². The SMILES string of the molecule is Cc1cccc([C@@H]2CN(C(=O)C3CCN(C(=O)CO)CC3)CC[C@@H]2C(=O)N(C)Cc2cc(C(F)(F)F)cc(C(F)(F)F)c2)c1. The number of nitrogens with zero attached hydrogens (tertiary/aromatic N) is 3. The molecule has 0 saturated carbocycles. The fourth-order valence-corrected chi connectivity index (χ4v) is 6.17. The summed E-state index contributed by atoms with van der Waals surface area (Å²) < 4.78 is 80.4. The van der Waals surface area contributed by atoms with E-state index in [9.17, 15) is 40.7 Å². The molecule has 240 valence electrons. The summed E-state index contributed by atoms with van der Waals surface area (Å²) in [5.74, 6) is -2.37. The van der Waals surface area contributed by atoms with Gasteiger partial charge < -0.3 is 19.8 Å². The van der Waals surface area contributed by atoms with Crippen LogP contribution in [0.1, 0.15) is 53.0 Å². The van der Waals surface area contributed by atoms with Gasteiger partial charge in [-0.15, -0.1) is 0 Å². The number of aliphatic hydroxyl groups is 1. The van der Waals surface area contributed by atoms with Gasteiger partial charge in [0.15, 0.2) is 0 Å². The number of aliphatic hydroxyl groups excluding tert-OH is 1. The van der Waals surface area contributed by atoms with Crippen molar-refractivity contribution in [2.24, 2.45) is 11.8 Å². The van der Waals surface area contributed by atoms with Crippen LogP contribution in [0.15, 0.2) is 42.5 Å². The van der Waals surface area contributed by atoms with Gasteiger partial charge in [0.25, 0.3) is 0 Å². The Morgan fingerprint density at radius 1 is 0.886 bits per heavy atom. The second-order valence-corrected chi connectivity index (χ2v) is 11.6. The van der Waals surface area contributed by atoms with Crippen molar-refractivity contribution in [1.29, 1.82) is 0 Å². The topological polar surface area (TPSA) is 81.2 Å². The van der Waals surface area contributed by atoms with E-state index in [1.165, 1.54) is 11.9 Å². The maximum absolute atomic E-state index is 13.8. The molecule has 2 heterocycles. The highest BCUT2D eigenvalue weighted by Gasteiger charge is 2.41. The number of benzene rings is 2. The molecule has 2 aliphatic heterocycles. The van der Waals surface area contributed by atoms with Crippen molar-refractivity contribution in [3.05, 3.63) is 70.3 Å². The number of rotatable bonds is 6. The lowest BCUT2D eigenvalue weighted by molar-refractivity contribution is -0.145. The number of hydrogen-bond donors (Lipinski definition) is 1. The van der Waals surface area contributed by atoms with E-state index < -0.39 is 60.3 Å². The van der Waals surface area contributed by atoms with Gasteiger partial charge in [0.05, 0.1) is 11.1 Å². The first-order valence-electron chi connectivity index (χ1n) is 14.4. The number of alkyl halides is 6. The number of likely N-dealkylation sites (tertiary alicyclic amines) is 2. The number of carbonyl (C=O) groups is 3. The number of carbonyl (C=O) groups excluding carboxylic acids is 3. The Labute approximate surface area is 251 Å². The van der Waals surface area contributed by atoms with E-state index in [2.05, 4.69) is 0 Å². The summed E-state index contributed by atoms with van der Waals surface area (Å²) in [5, 5.41) is 9.12. The average molecular weight is 628 g/mol. The Bertz CT molecular complexity index is 1340. The quantitative estimate of drug-likeness (QED) is 0.465. The van der Waals surface area contributed by atoms with Gasteiger partial charge >= 0.3 is 12.4 Å². The molecule has 7 nitrogen and oxygen atoms in total. The van der Waals surface area contributed by atoms with Crippen LogP contribution >= 0.6 is 0 Å². The second kappa shape index (κ2) is 13.2. The standard InChI is InChI=1S/C31H35F6N3O4/c1-19-4-3-5-22(12-19)26-17-40(28(43)21-6-9-39(10-7-21)27(42)18-41)11-8-25(26)29(44)38(2)16-20-13-23(30(32,33)34)15-24(14-20)31(35,36)37/h3-5,12-15,21,25-26,41H,6-11,16-18H2,1-2H3/t25-,26-/m0/s1. The molecule has 0 spiro atoms. The van der Waals surface area contributed by atoms with Crippen molar-refractivity contribution in [2.45, 2.75) is 51.0 Å². The Morgan fingerprint density at radius 3 is 2.02 bits per heavy atom. The maximum atomic E-state index is 13.8. The molecule has 4 rings (SSSR count). The fourth-order valence-electron chi connectivity index (χ4n) is 6.17. The molecular weight excluding hydrogens is 592 g/mol. The minimum absolute atomic E-state index is 0.0557. The summed E-state index contributed by atoms with van der Waals surface area (Å²) in [6.07, 6.45) is -8.86. The molecule has 2 saturated heterocycles. The third kappa shape index (κ3) is 7.72. The van der Waals surface area contributed by atoms with Gasteiger partial charge in [-0.05, 0) is 55.5 Å². The Kier molecular flexibility index (Phi) is 9.96. The second-order valence-electron chi connectivity index (χ2n) is 11.6. The van der Waals surface area contributed by atoms with Crippen LogP contribution in [0.4, 0.5) is 26.3 Å².